The van der Waals surface area contributed by atoms with E-state index >= 15 is 0 Å². The van der Waals surface area contributed by atoms with E-state index in [4.69, 9.17) is 11.6 Å². The first-order valence-corrected chi connectivity index (χ1v) is 6.02. The van der Waals surface area contributed by atoms with Gasteiger partial charge in [0.15, 0.2) is 10.3 Å². The lowest BCUT2D eigenvalue weighted by atomic mass is 10.3. The van der Waals surface area contributed by atoms with Gasteiger partial charge < -0.3 is 5.32 Å². The van der Waals surface area contributed by atoms with Crippen LogP contribution in [0.2, 0.25) is 4.47 Å². The molecule has 5 nitrogen and oxygen atoms in total. The van der Waals surface area contributed by atoms with Gasteiger partial charge in [-0.15, -0.1) is 11.3 Å². The molecule has 0 unspecified atom stereocenters. The Morgan fingerprint density at radius 3 is 2.94 bits per heavy atom. The number of carbonyl (C=O) groups excluding carboxylic acids is 1. The molecule has 88 valence electrons. The predicted octanol–water partition coefficient (Wildman–Crippen LogP) is 2.08. The van der Waals surface area contributed by atoms with E-state index in [0.717, 1.165) is 10.6 Å². The summed E-state index contributed by atoms with van der Waals surface area (Å²) in [5.74, 6) is 0.277. The number of rotatable bonds is 3. The summed E-state index contributed by atoms with van der Waals surface area (Å²) in [6.45, 7) is 1.83. The van der Waals surface area contributed by atoms with Crippen LogP contribution in [0.3, 0.4) is 0 Å². The minimum Gasteiger partial charge on any atom is -0.309 e. The fourth-order valence-corrected chi connectivity index (χ4v) is 2.44. The second kappa shape index (κ2) is 5.20. The van der Waals surface area contributed by atoms with E-state index in [0.29, 0.717) is 10.3 Å². The van der Waals surface area contributed by atoms with Crippen molar-refractivity contribution in [1.82, 2.24) is 15.0 Å². The van der Waals surface area contributed by atoms with Gasteiger partial charge in [-0.2, -0.15) is 0 Å². The summed E-state index contributed by atoms with van der Waals surface area (Å²) < 4.78 is 0.449. The lowest BCUT2D eigenvalue weighted by Gasteiger charge is -2.02. The molecule has 2 rings (SSSR count). The van der Waals surface area contributed by atoms with Crippen molar-refractivity contribution in [3.05, 3.63) is 33.6 Å². The highest BCUT2D eigenvalue weighted by atomic mass is 35.5. The van der Waals surface area contributed by atoms with Crippen LogP contribution in [-0.4, -0.2) is 20.9 Å². The lowest BCUT2D eigenvalue weighted by Crippen LogP contribution is -2.15. The molecule has 0 atom stereocenters. The van der Waals surface area contributed by atoms with Gasteiger partial charge >= 0.3 is 0 Å². The second-order valence-corrected chi connectivity index (χ2v) is 4.96. The Hall–Kier alpha value is -1.53. The third kappa shape index (κ3) is 3.21. The van der Waals surface area contributed by atoms with Crippen molar-refractivity contribution in [1.29, 1.82) is 0 Å². The van der Waals surface area contributed by atoms with Gasteiger partial charge in [-0.1, -0.05) is 11.6 Å². The third-order valence-corrected chi connectivity index (χ3v) is 3.28. The van der Waals surface area contributed by atoms with Gasteiger partial charge in [-0.05, 0) is 6.92 Å². The lowest BCUT2D eigenvalue weighted by molar-refractivity contribution is -0.115. The van der Waals surface area contributed by atoms with E-state index < -0.39 is 0 Å². The summed E-state index contributed by atoms with van der Waals surface area (Å²) >= 11 is 7.07. The van der Waals surface area contributed by atoms with Gasteiger partial charge in [-0.25, -0.2) is 9.97 Å². The van der Waals surface area contributed by atoms with Crippen molar-refractivity contribution in [2.24, 2.45) is 0 Å². The van der Waals surface area contributed by atoms with Crippen LogP contribution in [0.4, 0.5) is 5.82 Å². The molecule has 0 aliphatic rings. The molecule has 17 heavy (non-hydrogen) atoms. The summed E-state index contributed by atoms with van der Waals surface area (Å²) in [4.78, 5) is 24.4. The number of amides is 1. The molecule has 2 heterocycles. The van der Waals surface area contributed by atoms with Gasteiger partial charge in [0.25, 0.3) is 0 Å². The Bertz CT molecular complexity index is 528. The molecule has 1 amide bonds. The molecule has 0 fully saturated rings. The summed E-state index contributed by atoms with van der Waals surface area (Å²) in [5.41, 5.74) is 0.786. The van der Waals surface area contributed by atoms with Crippen molar-refractivity contribution in [3.8, 4) is 0 Å². The van der Waals surface area contributed by atoms with Crippen molar-refractivity contribution in [3.63, 3.8) is 0 Å². The fraction of sp³-hybridized carbons (Fsp3) is 0.200. The largest absolute Gasteiger partial charge is 0.309 e. The van der Waals surface area contributed by atoms with E-state index in [9.17, 15) is 4.79 Å². The van der Waals surface area contributed by atoms with Crippen LogP contribution >= 0.6 is 22.9 Å². The average molecular weight is 269 g/mol. The molecular weight excluding hydrogens is 260 g/mol. The first-order valence-electron chi connectivity index (χ1n) is 4.83. The van der Waals surface area contributed by atoms with Crippen molar-refractivity contribution in [2.45, 2.75) is 13.3 Å². The van der Waals surface area contributed by atoms with E-state index in [1.807, 2.05) is 6.92 Å². The molecule has 0 spiro atoms. The fourth-order valence-electron chi connectivity index (χ4n) is 1.25. The molecule has 7 heteroatoms. The van der Waals surface area contributed by atoms with Crippen LogP contribution in [0.25, 0.3) is 0 Å². The smallest absolute Gasteiger partial charge is 0.230 e. The van der Waals surface area contributed by atoms with E-state index in [1.54, 1.807) is 6.20 Å². The minimum atomic E-state index is -0.158. The van der Waals surface area contributed by atoms with Gasteiger partial charge in [0.05, 0.1) is 18.3 Å². The number of nitrogens with one attached hydrogen (secondary N) is 1. The molecule has 1 N–H and O–H groups in total. The molecular formula is C10H9ClN4OS. The number of halogens is 1. The number of aromatic nitrogens is 3. The van der Waals surface area contributed by atoms with Crippen LogP contribution in [0.15, 0.2) is 18.6 Å². The Morgan fingerprint density at radius 2 is 2.35 bits per heavy atom. The maximum Gasteiger partial charge on any atom is 0.230 e. The molecule has 0 aliphatic carbocycles. The SMILES string of the molecule is Cc1nc(Cl)sc1CC(=O)Nc1cnccn1. The molecule has 0 bridgehead atoms. The van der Waals surface area contributed by atoms with Crippen LogP contribution in [0.5, 0.6) is 0 Å². The predicted molar refractivity (Wildman–Crippen MR) is 66.2 cm³/mol. The van der Waals surface area contributed by atoms with Crippen molar-refractivity contribution in [2.75, 3.05) is 5.32 Å². The van der Waals surface area contributed by atoms with E-state index in [1.165, 1.54) is 23.7 Å². The summed E-state index contributed by atoms with van der Waals surface area (Å²) in [6.07, 6.45) is 4.80. The van der Waals surface area contributed by atoms with Gasteiger partial charge in [0.2, 0.25) is 5.91 Å². The number of hydrogen-bond acceptors (Lipinski definition) is 5. The maximum absolute atomic E-state index is 11.7. The highest BCUT2D eigenvalue weighted by molar-refractivity contribution is 7.15. The highest BCUT2D eigenvalue weighted by Gasteiger charge is 2.11. The number of aryl methyl sites for hydroxylation is 1. The van der Waals surface area contributed by atoms with Crippen molar-refractivity contribution >= 4 is 34.7 Å². The normalized spacial score (nSPS) is 10.2. The van der Waals surface area contributed by atoms with E-state index in [2.05, 4.69) is 20.3 Å². The number of thiazole rings is 1. The first kappa shape index (κ1) is 11.9. The monoisotopic (exact) mass is 268 g/mol. The molecule has 0 aliphatic heterocycles. The molecule has 0 radical (unpaired) electrons. The zero-order valence-corrected chi connectivity index (χ0v) is 10.5. The Balaban J connectivity index is 2.01. The third-order valence-electron chi connectivity index (χ3n) is 2.02. The molecule has 2 aromatic heterocycles. The quantitative estimate of drug-likeness (QED) is 0.925. The standard InChI is InChI=1S/C10H9ClN4OS/c1-6-7(17-10(11)14-6)4-9(16)15-8-5-12-2-3-13-8/h2-3,5H,4H2,1H3,(H,13,15,16). The molecule has 0 saturated heterocycles. The zero-order chi connectivity index (χ0) is 12.3. The number of nitrogens with zero attached hydrogens (tertiary/aromatic N) is 3. The van der Waals surface area contributed by atoms with Crippen LogP contribution in [-0.2, 0) is 11.2 Å². The van der Waals surface area contributed by atoms with Crippen LogP contribution < -0.4 is 5.32 Å². The van der Waals surface area contributed by atoms with Crippen LogP contribution in [0.1, 0.15) is 10.6 Å². The topological polar surface area (TPSA) is 67.8 Å². The van der Waals surface area contributed by atoms with Crippen molar-refractivity contribution < 1.29 is 4.79 Å². The zero-order valence-electron chi connectivity index (χ0n) is 8.98. The molecule has 0 aromatic carbocycles. The maximum atomic E-state index is 11.7. The van der Waals surface area contributed by atoms with Crippen LogP contribution in [0, 0.1) is 6.92 Å². The molecule has 0 saturated carbocycles. The number of anilines is 1. The van der Waals surface area contributed by atoms with E-state index in [-0.39, 0.29) is 12.3 Å². The average Bonchev–Trinajstić information content (AvgIpc) is 2.58. The summed E-state index contributed by atoms with van der Waals surface area (Å²) in [7, 11) is 0. The highest BCUT2D eigenvalue weighted by Crippen LogP contribution is 2.22. The number of hydrogen-bond donors (Lipinski definition) is 1. The number of carbonyl (C=O) groups is 1. The molecule has 2 aromatic rings. The Kier molecular flexibility index (Phi) is 3.65. The van der Waals surface area contributed by atoms with Gasteiger partial charge in [0, 0.05) is 17.3 Å². The van der Waals surface area contributed by atoms with Gasteiger partial charge in [-0.3, -0.25) is 9.78 Å². The second-order valence-electron chi connectivity index (χ2n) is 3.29. The summed E-state index contributed by atoms with van der Waals surface area (Å²) in [5, 5.41) is 2.65. The Morgan fingerprint density at radius 1 is 1.53 bits per heavy atom. The summed E-state index contributed by atoms with van der Waals surface area (Å²) in [6, 6.07) is 0. The van der Waals surface area contributed by atoms with Gasteiger partial charge in [0.1, 0.15) is 0 Å². The minimum absolute atomic E-state index is 0.158. The Labute approximate surface area is 107 Å². The first-order chi connectivity index (χ1) is 8.15.